The van der Waals surface area contributed by atoms with Crippen LogP contribution in [0.5, 0.6) is 0 Å². The maximum Gasteiger partial charge on any atom is 0.333 e. The van der Waals surface area contributed by atoms with Gasteiger partial charge in [0.1, 0.15) is 12.7 Å². The molecule has 0 heterocycles. The van der Waals surface area contributed by atoms with Gasteiger partial charge in [-0.25, -0.2) is 19.2 Å². The normalized spacial score (nSPS) is 10.2. The molecule has 8 nitrogen and oxygen atoms in total. The van der Waals surface area contributed by atoms with E-state index in [2.05, 4.69) is 31.1 Å². The van der Waals surface area contributed by atoms with Crippen molar-refractivity contribution in [2.45, 2.75) is 33.3 Å². The second-order valence-corrected chi connectivity index (χ2v) is 5.57. The van der Waals surface area contributed by atoms with Crippen LogP contribution in [0.25, 0.3) is 0 Å². The summed E-state index contributed by atoms with van der Waals surface area (Å²) in [5.74, 6) is -2.83. The molecule has 0 rings (SSSR count). The van der Waals surface area contributed by atoms with E-state index in [1.54, 1.807) is 0 Å². The van der Waals surface area contributed by atoms with Crippen molar-refractivity contribution in [3.05, 3.63) is 48.6 Å². The Morgan fingerprint density at radius 2 is 1.30 bits per heavy atom. The number of methoxy groups -OCH3 is 1. The first-order valence-corrected chi connectivity index (χ1v) is 7.67. The number of carboxylic acid groups (broad SMARTS) is 1. The van der Waals surface area contributed by atoms with Crippen LogP contribution in [0.15, 0.2) is 48.6 Å². The SMILES string of the molecule is C=C(C)C(=O)O.C=C(C)C(=O)OCC(CC(=C)C(=O)OC)OC(=O)C(=C)C. The molecule has 0 fully saturated rings. The molecule has 0 aromatic rings. The maximum absolute atomic E-state index is 11.5. The van der Waals surface area contributed by atoms with Crippen LogP contribution in [0.2, 0.25) is 0 Å². The Morgan fingerprint density at radius 3 is 1.63 bits per heavy atom. The predicted molar refractivity (Wildman–Crippen MR) is 98.7 cm³/mol. The zero-order valence-electron chi connectivity index (χ0n) is 16.1. The molecule has 0 aliphatic carbocycles. The van der Waals surface area contributed by atoms with E-state index in [0.717, 1.165) is 0 Å². The lowest BCUT2D eigenvalue weighted by molar-refractivity contribution is -0.154. The molecule has 0 aliphatic rings. The average molecular weight is 382 g/mol. The molecule has 0 spiro atoms. The van der Waals surface area contributed by atoms with E-state index < -0.39 is 30.0 Å². The topological polar surface area (TPSA) is 116 Å². The van der Waals surface area contributed by atoms with Crippen molar-refractivity contribution >= 4 is 23.9 Å². The second kappa shape index (κ2) is 13.1. The van der Waals surface area contributed by atoms with Crippen LogP contribution in [0.3, 0.4) is 0 Å². The number of hydrogen-bond acceptors (Lipinski definition) is 7. The molecule has 0 amide bonds. The van der Waals surface area contributed by atoms with Crippen LogP contribution in [-0.2, 0) is 33.4 Å². The summed E-state index contributed by atoms with van der Waals surface area (Å²) >= 11 is 0. The first-order valence-electron chi connectivity index (χ1n) is 7.67. The Morgan fingerprint density at radius 1 is 0.852 bits per heavy atom. The number of carbonyl (C=O) groups is 4. The van der Waals surface area contributed by atoms with Gasteiger partial charge in [0.05, 0.1) is 7.11 Å². The smallest absolute Gasteiger partial charge is 0.333 e. The molecule has 1 N–H and O–H groups in total. The number of esters is 3. The average Bonchev–Trinajstić information content (AvgIpc) is 2.58. The van der Waals surface area contributed by atoms with E-state index in [9.17, 15) is 19.2 Å². The summed E-state index contributed by atoms with van der Waals surface area (Å²) < 4.78 is 14.5. The molecule has 8 heteroatoms. The highest BCUT2D eigenvalue weighted by Gasteiger charge is 2.21. The van der Waals surface area contributed by atoms with E-state index in [-0.39, 0.29) is 35.3 Å². The second-order valence-electron chi connectivity index (χ2n) is 5.57. The molecule has 1 atom stereocenters. The van der Waals surface area contributed by atoms with Gasteiger partial charge in [-0.15, -0.1) is 0 Å². The molecule has 1 unspecified atom stereocenters. The van der Waals surface area contributed by atoms with E-state index in [0.29, 0.717) is 0 Å². The van der Waals surface area contributed by atoms with Crippen molar-refractivity contribution < 1.29 is 38.5 Å². The Hall–Kier alpha value is -3.16. The number of hydrogen-bond donors (Lipinski definition) is 1. The summed E-state index contributed by atoms with van der Waals surface area (Å²) in [7, 11) is 1.21. The molecule has 0 aromatic carbocycles. The number of rotatable bonds is 9. The van der Waals surface area contributed by atoms with Crippen molar-refractivity contribution in [3.63, 3.8) is 0 Å². The van der Waals surface area contributed by atoms with Gasteiger partial charge in [0.15, 0.2) is 0 Å². The third-order valence-electron chi connectivity index (χ3n) is 2.68. The van der Waals surface area contributed by atoms with Crippen LogP contribution in [-0.4, -0.2) is 48.8 Å². The standard InChI is InChI=1S/C15H20O6.C4H6O2/c1-9(2)13(16)20-8-12(21-14(17)10(3)4)7-11(5)15(18)19-6;1-3(2)4(5)6/h12H,1,3,5,7-8H2,2,4,6H3;1H2,2H3,(H,5,6). The highest BCUT2D eigenvalue weighted by molar-refractivity contribution is 5.89. The lowest BCUT2D eigenvalue weighted by Crippen LogP contribution is -2.27. The lowest BCUT2D eigenvalue weighted by Gasteiger charge is -2.18. The molecular weight excluding hydrogens is 356 g/mol. The van der Waals surface area contributed by atoms with Gasteiger partial charge in [0, 0.05) is 28.7 Å². The minimum atomic E-state index is -0.935. The van der Waals surface area contributed by atoms with Crippen LogP contribution in [0, 0.1) is 0 Å². The van der Waals surface area contributed by atoms with Gasteiger partial charge in [0.2, 0.25) is 0 Å². The molecular formula is C19H26O8. The number of carbonyl (C=O) groups excluding carboxylic acids is 3. The van der Waals surface area contributed by atoms with Crippen molar-refractivity contribution in [1.29, 1.82) is 0 Å². The van der Waals surface area contributed by atoms with Gasteiger partial charge in [-0.1, -0.05) is 26.3 Å². The molecule has 27 heavy (non-hydrogen) atoms. The van der Waals surface area contributed by atoms with Gasteiger partial charge in [0.25, 0.3) is 0 Å². The number of aliphatic carboxylic acids is 1. The van der Waals surface area contributed by atoms with E-state index in [1.165, 1.54) is 27.9 Å². The minimum absolute atomic E-state index is 0.0187. The van der Waals surface area contributed by atoms with Gasteiger partial charge in [-0.05, 0) is 20.8 Å². The van der Waals surface area contributed by atoms with Crippen LogP contribution in [0.1, 0.15) is 27.2 Å². The third kappa shape index (κ3) is 12.8. The van der Waals surface area contributed by atoms with Gasteiger partial charge in [-0.2, -0.15) is 0 Å². The first-order chi connectivity index (χ1) is 12.3. The van der Waals surface area contributed by atoms with Crippen LogP contribution >= 0.6 is 0 Å². The van der Waals surface area contributed by atoms with Crippen LogP contribution in [0.4, 0.5) is 0 Å². The summed E-state index contributed by atoms with van der Waals surface area (Å²) in [5.41, 5.74) is 0.681. The summed E-state index contributed by atoms with van der Waals surface area (Å²) in [4.78, 5) is 43.8. The first kappa shape index (κ1) is 26.1. The summed E-state index contributed by atoms with van der Waals surface area (Å²) in [5, 5.41) is 7.89. The third-order valence-corrected chi connectivity index (χ3v) is 2.68. The van der Waals surface area contributed by atoms with Gasteiger partial charge >= 0.3 is 23.9 Å². The van der Waals surface area contributed by atoms with E-state index >= 15 is 0 Å². The molecule has 0 saturated carbocycles. The summed E-state index contributed by atoms with van der Waals surface area (Å²) in [6, 6.07) is 0. The van der Waals surface area contributed by atoms with Crippen molar-refractivity contribution in [2.24, 2.45) is 0 Å². The predicted octanol–water partition coefficient (Wildman–Crippen LogP) is 2.36. The number of carboxylic acids is 1. The van der Waals surface area contributed by atoms with Gasteiger partial charge in [-0.3, -0.25) is 0 Å². The Kier molecular flexibility index (Phi) is 12.6. The maximum atomic E-state index is 11.5. The Labute approximate surface area is 158 Å². The fourth-order valence-corrected chi connectivity index (χ4v) is 1.18. The largest absolute Gasteiger partial charge is 0.478 e. The van der Waals surface area contributed by atoms with Crippen molar-refractivity contribution in [1.82, 2.24) is 0 Å². The molecule has 0 aromatic heterocycles. The highest BCUT2D eigenvalue weighted by Crippen LogP contribution is 2.12. The highest BCUT2D eigenvalue weighted by atomic mass is 16.6. The molecule has 0 saturated heterocycles. The summed E-state index contributed by atoms with van der Waals surface area (Å²) in [6.45, 7) is 17.8. The van der Waals surface area contributed by atoms with Gasteiger partial charge < -0.3 is 19.3 Å². The molecule has 0 aliphatic heterocycles. The minimum Gasteiger partial charge on any atom is -0.478 e. The Bertz CT molecular complexity index is 630. The Balaban J connectivity index is 0. The quantitative estimate of drug-likeness (QED) is 0.367. The zero-order chi connectivity index (χ0) is 21.7. The van der Waals surface area contributed by atoms with Crippen molar-refractivity contribution in [2.75, 3.05) is 13.7 Å². The fraction of sp³-hybridized carbons (Fsp3) is 0.368. The van der Waals surface area contributed by atoms with Crippen LogP contribution < -0.4 is 0 Å². The fourth-order valence-electron chi connectivity index (χ4n) is 1.18. The van der Waals surface area contributed by atoms with E-state index in [4.69, 9.17) is 14.6 Å². The molecule has 150 valence electrons. The van der Waals surface area contributed by atoms with E-state index in [1.807, 2.05) is 0 Å². The molecule has 0 radical (unpaired) electrons. The zero-order valence-corrected chi connectivity index (χ0v) is 16.1. The molecule has 0 bridgehead atoms. The number of ether oxygens (including phenoxy) is 3. The lowest BCUT2D eigenvalue weighted by atomic mass is 10.1. The van der Waals surface area contributed by atoms with Crippen molar-refractivity contribution in [3.8, 4) is 0 Å². The monoisotopic (exact) mass is 382 g/mol. The summed E-state index contributed by atoms with van der Waals surface area (Å²) in [6.07, 6.45) is -0.876.